The highest BCUT2D eigenvalue weighted by molar-refractivity contribution is 8.00. The van der Waals surface area contributed by atoms with Gasteiger partial charge in [0.2, 0.25) is 0 Å². The Morgan fingerprint density at radius 3 is 2.58 bits per heavy atom. The zero-order valence-corrected chi connectivity index (χ0v) is 12.8. The number of rotatable bonds is 8. The van der Waals surface area contributed by atoms with Crippen LogP contribution in [0, 0.1) is 5.92 Å². The number of hydrogen-bond donors (Lipinski definition) is 1. The smallest absolute Gasteiger partial charge is 0.316 e. The SMILES string of the molecule is CCOC(=O)CSc1ccc(CNCC(C)C)cc1. The van der Waals surface area contributed by atoms with Crippen molar-refractivity contribution in [2.24, 2.45) is 5.92 Å². The summed E-state index contributed by atoms with van der Waals surface area (Å²) < 4.78 is 4.89. The van der Waals surface area contributed by atoms with Gasteiger partial charge in [0, 0.05) is 11.4 Å². The quantitative estimate of drug-likeness (QED) is 0.587. The van der Waals surface area contributed by atoms with Crippen molar-refractivity contribution in [3.8, 4) is 0 Å². The molecule has 0 aliphatic carbocycles. The molecule has 0 radical (unpaired) electrons. The van der Waals surface area contributed by atoms with Crippen molar-refractivity contribution in [1.29, 1.82) is 0 Å². The lowest BCUT2D eigenvalue weighted by Crippen LogP contribution is -2.18. The number of carbonyl (C=O) groups is 1. The zero-order chi connectivity index (χ0) is 14.1. The fourth-order valence-electron chi connectivity index (χ4n) is 1.55. The molecule has 1 aromatic rings. The Morgan fingerprint density at radius 1 is 1.32 bits per heavy atom. The van der Waals surface area contributed by atoms with Gasteiger partial charge in [-0.2, -0.15) is 0 Å². The Kier molecular flexibility index (Phi) is 7.60. The first kappa shape index (κ1) is 16.1. The van der Waals surface area contributed by atoms with Gasteiger partial charge >= 0.3 is 5.97 Å². The lowest BCUT2D eigenvalue weighted by Gasteiger charge is -2.08. The molecule has 0 saturated carbocycles. The van der Waals surface area contributed by atoms with Gasteiger partial charge in [-0.15, -0.1) is 11.8 Å². The Bertz CT molecular complexity index is 376. The van der Waals surface area contributed by atoms with Gasteiger partial charge in [-0.05, 0) is 37.1 Å². The van der Waals surface area contributed by atoms with Crippen LogP contribution < -0.4 is 5.32 Å². The minimum Gasteiger partial charge on any atom is -0.465 e. The molecule has 3 nitrogen and oxygen atoms in total. The van der Waals surface area contributed by atoms with Gasteiger partial charge in [0.1, 0.15) is 0 Å². The molecule has 0 heterocycles. The number of nitrogens with one attached hydrogen (secondary N) is 1. The molecule has 1 rings (SSSR count). The van der Waals surface area contributed by atoms with Crippen molar-refractivity contribution in [3.05, 3.63) is 29.8 Å². The van der Waals surface area contributed by atoms with Crippen LogP contribution in [0.1, 0.15) is 26.3 Å². The molecule has 1 N–H and O–H groups in total. The van der Waals surface area contributed by atoms with E-state index in [2.05, 4.69) is 43.4 Å². The fourth-order valence-corrected chi connectivity index (χ4v) is 2.25. The minimum absolute atomic E-state index is 0.157. The predicted molar refractivity (Wildman–Crippen MR) is 80.3 cm³/mol. The van der Waals surface area contributed by atoms with Gasteiger partial charge < -0.3 is 10.1 Å². The maximum Gasteiger partial charge on any atom is 0.316 e. The van der Waals surface area contributed by atoms with Crippen LogP contribution >= 0.6 is 11.8 Å². The highest BCUT2D eigenvalue weighted by Gasteiger charge is 2.03. The van der Waals surface area contributed by atoms with Crippen LogP contribution in [0.15, 0.2) is 29.2 Å². The predicted octanol–water partition coefficient (Wildman–Crippen LogP) is 3.09. The van der Waals surface area contributed by atoms with E-state index < -0.39 is 0 Å². The van der Waals surface area contributed by atoms with E-state index in [1.54, 1.807) is 0 Å². The first-order valence-corrected chi connectivity index (χ1v) is 7.68. The third-order valence-electron chi connectivity index (χ3n) is 2.47. The Hall–Kier alpha value is -1.00. The number of benzene rings is 1. The second-order valence-corrected chi connectivity index (χ2v) is 5.81. The molecule has 1 aromatic carbocycles. The second-order valence-electron chi connectivity index (χ2n) is 4.76. The normalized spacial score (nSPS) is 10.7. The molecule has 0 fully saturated rings. The summed E-state index contributed by atoms with van der Waals surface area (Å²) in [6.45, 7) is 8.58. The molecule has 0 aliphatic rings. The molecule has 0 aromatic heterocycles. The third-order valence-corrected chi connectivity index (χ3v) is 3.45. The summed E-state index contributed by atoms with van der Waals surface area (Å²) in [7, 11) is 0. The summed E-state index contributed by atoms with van der Waals surface area (Å²) in [5.41, 5.74) is 1.26. The lowest BCUT2D eigenvalue weighted by atomic mass is 10.2. The average Bonchev–Trinajstić information content (AvgIpc) is 2.38. The standard InChI is InChI=1S/C15H23NO2S/c1-4-18-15(17)11-19-14-7-5-13(6-8-14)10-16-9-12(2)3/h5-8,12,16H,4,9-11H2,1-3H3. The van der Waals surface area contributed by atoms with Crippen molar-refractivity contribution in [3.63, 3.8) is 0 Å². The number of carbonyl (C=O) groups excluding carboxylic acids is 1. The van der Waals surface area contributed by atoms with Crippen LogP contribution in [0.25, 0.3) is 0 Å². The zero-order valence-electron chi connectivity index (χ0n) is 11.9. The fraction of sp³-hybridized carbons (Fsp3) is 0.533. The molecule has 0 amide bonds. The maximum absolute atomic E-state index is 11.2. The number of ether oxygens (including phenoxy) is 1. The highest BCUT2D eigenvalue weighted by atomic mass is 32.2. The van der Waals surface area contributed by atoms with Crippen LogP contribution in [0.5, 0.6) is 0 Å². The molecule has 19 heavy (non-hydrogen) atoms. The molecule has 0 aliphatic heterocycles. The van der Waals surface area contributed by atoms with Crippen molar-refractivity contribution >= 4 is 17.7 Å². The topological polar surface area (TPSA) is 38.3 Å². The van der Waals surface area contributed by atoms with Gasteiger partial charge in [0.25, 0.3) is 0 Å². The van der Waals surface area contributed by atoms with Crippen molar-refractivity contribution in [2.75, 3.05) is 18.9 Å². The molecule has 106 valence electrons. The number of thioether (sulfide) groups is 1. The first-order valence-electron chi connectivity index (χ1n) is 6.70. The third kappa shape index (κ3) is 7.23. The molecule has 0 atom stereocenters. The molecule has 0 bridgehead atoms. The summed E-state index contributed by atoms with van der Waals surface area (Å²) in [5, 5.41) is 3.41. The Labute approximate surface area is 120 Å². The monoisotopic (exact) mass is 281 g/mol. The van der Waals surface area contributed by atoms with E-state index >= 15 is 0 Å². The van der Waals surface area contributed by atoms with Crippen molar-refractivity contribution in [1.82, 2.24) is 5.32 Å². The summed E-state index contributed by atoms with van der Waals surface area (Å²) in [6.07, 6.45) is 0. The van der Waals surface area contributed by atoms with Crippen LogP contribution in [0.3, 0.4) is 0 Å². The second kappa shape index (κ2) is 8.99. The maximum atomic E-state index is 11.2. The largest absolute Gasteiger partial charge is 0.465 e. The summed E-state index contributed by atoms with van der Waals surface area (Å²) in [4.78, 5) is 12.3. The summed E-state index contributed by atoms with van der Waals surface area (Å²) in [6, 6.07) is 8.30. The van der Waals surface area contributed by atoms with E-state index in [0.717, 1.165) is 18.0 Å². The lowest BCUT2D eigenvalue weighted by molar-refractivity contribution is -0.139. The van der Waals surface area contributed by atoms with Crippen LogP contribution in [0.4, 0.5) is 0 Å². The van der Waals surface area contributed by atoms with Gasteiger partial charge in [0.05, 0.1) is 12.4 Å². The molecule has 0 saturated heterocycles. The Morgan fingerprint density at radius 2 is 2.00 bits per heavy atom. The van der Waals surface area contributed by atoms with Gasteiger partial charge in [-0.3, -0.25) is 4.79 Å². The van der Waals surface area contributed by atoms with E-state index in [0.29, 0.717) is 18.3 Å². The van der Waals surface area contributed by atoms with Crippen LogP contribution in [-0.2, 0) is 16.1 Å². The van der Waals surface area contributed by atoms with Crippen molar-refractivity contribution < 1.29 is 9.53 Å². The van der Waals surface area contributed by atoms with Gasteiger partial charge in [-0.1, -0.05) is 26.0 Å². The van der Waals surface area contributed by atoms with E-state index in [-0.39, 0.29) is 5.97 Å². The first-order chi connectivity index (χ1) is 9.11. The summed E-state index contributed by atoms with van der Waals surface area (Å²) >= 11 is 1.51. The van der Waals surface area contributed by atoms with E-state index in [4.69, 9.17) is 4.74 Å². The van der Waals surface area contributed by atoms with Crippen LogP contribution in [0.2, 0.25) is 0 Å². The average molecular weight is 281 g/mol. The Balaban J connectivity index is 2.33. The molecular weight excluding hydrogens is 258 g/mol. The van der Waals surface area contributed by atoms with Crippen LogP contribution in [-0.4, -0.2) is 24.9 Å². The number of hydrogen-bond acceptors (Lipinski definition) is 4. The molecular formula is C15H23NO2S. The van der Waals surface area contributed by atoms with E-state index in [1.165, 1.54) is 17.3 Å². The molecule has 0 spiro atoms. The van der Waals surface area contributed by atoms with E-state index in [1.807, 2.05) is 6.92 Å². The minimum atomic E-state index is -0.157. The van der Waals surface area contributed by atoms with Gasteiger partial charge in [0.15, 0.2) is 0 Å². The summed E-state index contributed by atoms with van der Waals surface area (Å²) in [5.74, 6) is 0.883. The van der Waals surface area contributed by atoms with Gasteiger partial charge in [-0.25, -0.2) is 0 Å². The van der Waals surface area contributed by atoms with E-state index in [9.17, 15) is 4.79 Å². The molecule has 0 unspecified atom stereocenters. The highest BCUT2D eigenvalue weighted by Crippen LogP contribution is 2.18. The van der Waals surface area contributed by atoms with Crippen molar-refractivity contribution in [2.45, 2.75) is 32.2 Å². The molecule has 4 heteroatoms. The number of esters is 1.